The first-order chi connectivity index (χ1) is 7.09. The number of nitrogens with one attached hydrogen (secondary N) is 1. The summed E-state index contributed by atoms with van der Waals surface area (Å²) in [4.78, 5) is 2.17. The molecule has 0 spiro atoms. The third kappa shape index (κ3) is 4.06. The number of hydrogen-bond acceptors (Lipinski definition) is 5. The molecule has 90 valence electrons. The Morgan fingerprint density at radius 2 is 2.27 bits per heavy atom. The van der Waals surface area contributed by atoms with Crippen molar-refractivity contribution >= 4 is 9.84 Å². The highest BCUT2D eigenvalue weighted by Crippen LogP contribution is 2.02. The number of sulfone groups is 1. The van der Waals surface area contributed by atoms with Crippen LogP contribution in [0.15, 0.2) is 0 Å². The molecular formula is C9H21N3O2S. The van der Waals surface area contributed by atoms with Gasteiger partial charge in [0, 0.05) is 44.5 Å². The third-order valence-corrected chi connectivity index (χ3v) is 4.56. The van der Waals surface area contributed by atoms with Gasteiger partial charge < -0.3 is 11.1 Å². The lowest BCUT2D eigenvalue weighted by Gasteiger charge is -2.35. The molecule has 0 saturated carbocycles. The lowest BCUT2D eigenvalue weighted by Crippen LogP contribution is -2.55. The van der Waals surface area contributed by atoms with E-state index in [1.807, 2.05) is 0 Å². The van der Waals surface area contributed by atoms with E-state index in [-0.39, 0.29) is 17.5 Å². The van der Waals surface area contributed by atoms with Crippen molar-refractivity contribution in [3.63, 3.8) is 0 Å². The Kier molecular flexibility index (Phi) is 4.98. The van der Waals surface area contributed by atoms with Gasteiger partial charge in [-0.15, -0.1) is 0 Å². The summed E-state index contributed by atoms with van der Waals surface area (Å²) >= 11 is 0. The molecule has 0 aromatic heterocycles. The van der Waals surface area contributed by atoms with E-state index in [0.29, 0.717) is 13.1 Å². The number of hydrogen-bond donors (Lipinski definition) is 2. The lowest BCUT2D eigenvalue weighted by molar-refractivity contribution is 0.175. The molecule has 1 aliphatic heterocycles. The Hall–Kier alpha value is -0.170. The van der Waals surface area contributed by atoms with Crippen molar-refractivity contribution in [3.8, 4) is 0 Å². The van der Waals surface area contributed by atoms with E-state index in [0.717, 1.165) is 19.6 Å². The molecule has 0 amide bonds. The number of piperazine rings is 1. The first-order valence-corrected chi connectivity index (χ1v) is 7.26. The second-order valence-corrected chi connectivity index (χ2v) is 6.34. The van der Waals surface area contributed by atoms with Crippen molar-refractivity contribution < 1.29 is 8.42 Å². The second-order valence-electron chi connectivity index (χ2n) is 3.87. The molecule has 3 N–H and O–H groups in total. The Morgan fingerprint density at radius 1 is 1.53 bits per heavy atom. The monoisotopic (exact) mass is 235 g/mol. The molecule has 5 nitrogen and oxygen atoms in total. The predicted octanol–water partition coefficient (Wildman–Crippen LogP) is -1.35. The molecule has 15 heavy (non-hydrogen) atoms. The molecule has 0 aromatic carbocycles. The normalized spacial score (nSPS) is 24.3. The molecule has 1 fully saturated rings. The summed E-state index contributed by atoms with van der Waals surface area (Å²) in [5.41, 5.74) is 5.63. The van der Waals surface area contributed by atoms with E-state index < -0.39 is 9.84 Å². The highest BCUT2D eigenvalue weighted by Gasteiger charge is 2.21. The summed E-state index contributed by atoms with van der Waals surface area (Å²) in [5, 5.41) is 3.26. The fraction of sp³-hybridized carbons (Fsp3) is 1.00. The maximum absolute atomic E-state index is 11.4. The van der Waals surface area contributed by atoms with Crippen LogP contribution in [0.25, 0.3) is 0 Å². The Balaban J connectivity index is 2.42. The van der Waals surface area contributed by atoms with Gasteiger partial charge >= 0.3 is 0 Å². The van der Waals surface area contributed by atoms with Gasteiger partial charge in [0.1, 0.15) is 0 Å². The highest BCUT2D eigenvalue weighted by atomic mass is 32.2. The van der Waals surface area contributed by atoms with E-state index in [1.165, 1.54) is 0 Å². The standard InChI is InChI=1S/C9H21N3O2S/c1-2-15(13,14)6-5-12-4-3-11-8-9(12)7-10/h9,11H,2-8,10H2,1H3. The first kappa shape index (κ1) is 12.9. The third-order valence-electron chi connectivity index (χ3n) is 2.87. The summed E-state index contributed by atoms with van der Waals surface area (Å²) in [5.74, 6) is 0.479. The van der Waals surface area contributed by atoms with Crippen molar-refractivity contribution in [1.82, 2.24) is 10.2 Å². The van der Waals surface area contributed by atoms with Gasteiger partial charge in [-0.05, 0) is 0 Å². The zero-order valence-corrected chi connectivity index (χ0v) is 10.1. The average Bonchev–Trinajstić information content (AvgIpc) is 2.27. The largest absolute Gasteiger partial charge is 0.329 e. The Bertz CT molecular complexity index is 279. The van der Waals surface area contributed by atoms with Crippen LogP contribution in [0.4, 0.5) is 0 Å². The molecule has 0 radical (unpaired) electrons. The van der Waals surface area contributed by atoms with Gasteiger partial charge in [0.15, 0.2) is 9.84 Å². The van der Waals surface area contributed by atoms with Gasteiger partial charge in [0.05, 0.1) is 5.75 Å². The van der Waals surface area contributed by atoms with Crippen molar-refractivity contribution in [1.29, 1.82) is 0 Å². The summed E-state index contributed by atoms with van der Waals surface area (Å²) in [6.07, 6.45) is 0. The average molecular weight is 235 g/mol. The molecule has 0 bridgehead atoms. The molecule has 1 atom stereocenters. The van der Waals surface area contributed by atoms with E-state index in [1.54, 1.807) is 6.92 Å². The van der Waals surface area contributed by atoms with Crippen molar-refractivity contribution in [2.24, 2.45) is 5.73 Å². The smallest absolute Gasteiger partial charge is 0.151 e. The number of nitrogens with zero attached hydrogens (tertiary/aromatic N) is 1. The molecule has 0 aliphatic carbocycles. The van der Waals surface area contributed by atoms with Crippen molar-refractivity contribution in [2.75, 3.05) is 44.2 Å². The van der Waals surface area contributed by atoms with Crippen LogP contribution < -0.4 is 11.1 Å². The molecule has 1 aliphatic rings. The zero-order chi connectivity index (χ0) is 11.3. The van der Waals surface area contributed by atoms with Crippen LogP contribution in [0.1, 0.15) is 6.92 Å². The second kappa shape index (κ2) is 5.79. The SMILES string of the molecule is CCS(=O)(=O)CCN1CCNCC1CN. The van der Waals surface area contributed by atoms with Crippen molar-refractivity contribution in [3.05, 3.63) is 0 Å². The summed E-state index contributed by atoms with van der Waals surface area (Å²) < 4.78 is 22.7. The van der Waals surface area contributed by atoms with E-state index in [4.69, 9.17) is 5.73 Å². The zero-order valence-electron chi connectivity index (χ0n) is 9.28. The molecular weight excluding hydrogens is 214 g/mol. The predicted molar refractivity (Wildman–Crippen MR) is 61.6 cm³/mol. The maximum Gasteiger partial charge on any atom is 0.151 e. The van der Waals surface area contributed by atoms with E-state index >= 15 is 0 Å². The summed E-state index contributed by atoms with van der Waals surface area (Å²) in [6, 6.07) is 0.283. The van der Waals surface area contributed by atoms with Crippen LogP contribution in [0.3, 0.4) is 0 Å². The molecule has 1 rings (SSSR count). The van der Waals surface area contributed by atoms with E-state index in [2.05, 4.69) is 10.2 Å². The van der Waals surface area contributed by atoms with E-state index in [9.17, 15) is 8.42 Å². The molecule has 6 heteroatoms. The lowest BCUT2D eigenvalue weighted by atomic mass is 10.2. The van der Waals surface area contributed by atoms with Crippen molar-refractivity contribution in [2.45, 2.75) is 13.0 Å². The molecule has 1 unspecified atom stereocenters. The minimum Gasteiger partial charge on any atom is -0.329 e. The Morgan fingerprint density at radius 3 is 2.87 bits per heavy atom. The van der Waals surface area contributed by atoms with Gasteiger partial charge in [-0.3, -0.25) is 4.90 Å². The first-order valence-electron chi connectivity index (χ1n) is 5.44. The highest BCUT2D eigenvalue weighted by molar-refractivity contribution is 7.91. The molecule has 1 saturated heterocycles. The minimum absolute atomic E-state index is 0.229. The van der Waals surface area contributed by atoms with Gasteiger partial charge in [-0.1, -0.05) is 6.92 Å². The minimum atomic E-state index is -2.85. The van der Waals surface area contributed by atoms with Crippen LogP contribution in [0, 0.1) is 0 Å². The molecule has 0 aromatic rings. The van der Waals surface area contributed by atoms with Crippen LogP contribution >= 0.6 is 0 Å². The summed E-state index contributed by atoms with van der Waals surface area (Å²) in [6.45, 7) is 5.55. The van der Waals surface area contributed by atoms with Crippen LogP contribution in [-0.2, 0) is 9.84 Å². The fourth-order valence-electron chi connectivity index (χ4n) is 1.73. The van der Waals surface area contributed by atoms with Gasteiger partial charge in [-0.2, -0.15) is 0 Å². The van der Waals surface area contributed by atoms with Crippen LogP contribution in [0.5, 0.6) is 0 Å². The number of rotatable bonds is 5. The Labute approximate surface area is 91.9 Å². The van der Waals surface area contributed by atoms with Gasteiger partial charge in [0.25, 0.3) is 0 Å². The van der Waals surface area contributed by atoms with Gasteiger partial charge in [0.2, 0.25) is 0 Å². The fourth-order valence-corrected chi connectivity index (χ4v) is 2.53. The maximum atomic E-state index is 11.4. The summed E-state index contributed by atoms with van der Waals surface area (Å²) in [7, 11) is -2.85. The van der Waals surface area contributed by atoms with Gasteiger partial charge in [-0.25, -0.2) is 8.42 Å². The topological polar surface area (TPSA) is 75.4 Å². The molecule has 1 heterocycles. The van der Waals surface area contributed by atoms with Crippen LogP contribution in [-0.4, -0.2) is 63.6 Å². The quantitative estimate of drug-likeness (QED) is 0.616. The number of nitrogens with two attached hydrogens (primary N) is 1. The van der Waals surface area contributed by atoms with Crippen LogP contribution in [0.2, 0.25) is 0 Å².